The van der Waals surface area contributed by atoms with E-state index in [1.165, 1.54) is 13.0 Å². The molecule has 0 spiro atoms. The van der Waals surface area contributed by atoms with Crippen LogP contribution in [0.15, 0.2) is 39.5 Å². The summed E-state index contributed by atoms with van der Waals surface area (Å²) in [5.74, 6) is -4.46. The van der Waals surface area contributed by atoms with Gasteiger partial charge in [0.1, 0.15) is 83.5 Å². The molecule has 1 aromatic heterocycles. The number of esters is 1. The van der Waals surface area contributed by atoms with E-state index < -0.39 is 157 Å². The van der Waals surface area contributed by atoms with Crippen molar-refractivity contribution in [2.75, 3.05) is 13.2 Å². The molecule has 22 heteroatoms. The Morgan fingerprint density at radius 2 is 1.37 bits per heavy atom. The van der Waals surface area contributed by atoms with Crippen LogP contribution in [0.1, 0.15) is 13.8 Å². The van der Waals surface area contributed by atoms with Gasteiger partial charge in [-0.15, -0.1) is 0 Å². The zero-order chi connectivity index (χ0) is 41.6. The van der Waals surface area contributed by atoms with Crippen molar-refractivity contribution < 1.29 is 104 Å². The number of fused-ring (bicyclic) bond motifs is 1. The number of phenols is 4. The summed E-state index contributed by atoms with van der Waals surface area (Å²) >= 11 is 0. The maximum absolute atomic E-state index is 13.8. The van der Waals surface area contributed by atoms with Gasteiger partial charge in [-0.05, 0) is 25.1 Å². The molecule has 12 N–H and O–H groups in total. The number of phenolic OH excluding ortho intramolecular Hbond substituents is 4. The Balaban J connectivity index is 1.25. The van der Waals surface area contributed by atoms with Crippen molar-refractivity contribution in [2.45, 2.75) is 106 Å². The van der Waals surface area contributed by atoms with Crippen LogP contribution >= 0.6 is 0 Å². The molecule has 0 bridgehead atoms. The highest BCUT2D eigenvalue weighted by molar-refractivity contribution is 5.88. The molecule has 314 valence electrons. The lowest BCUT2D eigenvalue weighted by atomic mass is 9.97. The first-order valence-electron chi connectivity index (χ1n) is 17.4. The van der Waals surface area contributed by atoms with Gasteiger partial charge in [0, 0.05) is 24.6 Å². The maximum atomic E-state index is 13.8. The van der Waals surface area contributed by atoms with Crippen molar-refractivity contribution in [2.24, 2.45) is 0 Å². The van der Waals surface area contributed by atoms with Crippen LogP contribution in [0.2, 0.25) is 0 Å². The van der Waals surface area contributed by atoms with E-state index in [0.29, 0.717) is 0 Å². The first-order chi connectivity index (χ1) is 26.9. The predicted molar refractivity (Wildman–Crippen MR) is 182 cm³/mol. The molecule has 3 aliphatic heterocycles. The van der Waals surface area contributed by atoms with Crippen LogP contribution < -0.4 is 10.2 Å². The average Bonchev–Trinajstić information content (AvgIpc) is 3.15. The molecule has 22 nitrogen and oxygen atoms in total. The Morgan fingerprint density at radius 1 is 0.719 bits per heavy atom. The summed E-state index contributed by atoms with van der Waals surface area (Å²) < 4.78 is 45.1. The Kier molecular flexibility index (Phi) is 12.5. The van der Waals surface area contributed by atoms with Gasteiger partial charge in [-0.1, -0.05) is 0 Å². The normalized spacial score (nSPS) is 35.9. The van der Waals surface area contributed by atoms with Gasteiger partial charge in [-0.2, -0.15) is 0 Å². The second-order valence-electron chi connectivity index (χ2n) is 13.7. The Labute approximate surface area is 320 Å². The summed E-state index contributed by atoms with van der Waals surface area (Å²) in [6.45, 7) is 0.899. The molecule has 3 saturated heterocycles. The quantitative estimate of drug-likeness (QED) is 0.0705. The molecule has 3 fully saturated rings. The molecule has 6 rings (SSSR count). The van der Waals surface area contributed by atoms with Crippen molar-refractivity contribution in [3.8, 4) is 40.1 Å². The fourth-order valence-electron chi connectivity index (χ4n) is 6.66. The van der Waals surface area contributed by atoms with Crippen LogP contribution in [0.5, 0.6) is 28.7 Å². The standard InChI is InChI=1S/C35H42O22/c1-10-29(52-11(2)37)32(57-34-26(47)24(45)21(42)18(8-36)54-34)28(49)33(51-10)50-9-19-22(43)25(46)27(48)35(55-19)56-31-23(44)20-16(41)6-13(38)7-17(20)53-30(31)12-3-4-14(39)15(40)5-12/h3-7,10,18-19,21-22,24-29,32-36,38-43,45-49H,8-9H2,1-2H3. The molecule has 0 radical (unpaired) electrons. The molecule has 3 aromatic rings. The zero-order valence-corrected chi connectivity index (χ0v) is 29.9. The third-order valence-corrected chi connectivity index (χ3v) is 9.67. The van der Waals surface area contributed by atoms with E-state index in [0.717, 1.165) is 31.2 Å². The molecule has 15 atom stereocenters. The number of rotatable bonds is 10. The molecule has 4 heterocycles. The van der Waals surface area contributed by atoms with E-state index in [1.54, 1.807) is 0 Å². The molecular formula is C35H42O22. The lowest BCUT2D eigenvalue weighted by molar-refractivity contribution is -0.361. The zero-order valence-electron chi connectivity index (χ0n) is 29.9. The lowest BCUT2D eigenvalue weighted by Crippen LogP contribution is -2.65. The van der Waals surface area contributed by atoms with Crippen LogP contribution in [0.4, 0.5) is 0 Å². The minimum Gasteiger partial charge on any atom is -0.508 e. The summed E-state index contributed by atoms with van der Waals surface area (Å²) in [4.78, 5) is 25.8. The molecule has 0 saturated carbocycles. The van der Waals surface area contributed by atoms with Gasteiger partial charge in [0.25, 0.3) is 0 Å². The molecular weight excluding hydrogens is 772 g/mol. The number of aliphatic hydroxyl groups excluding tert-OH is 8. The summed E-state index contributed by atoms with van der Waals surface area (Å²) in [5, 5.41) is 125. The van der Waals surface area contributed by atoms with Crippen LogP contribution in [0.3, 0.4) is 0 Å². The van der Waals surface area contributed by atoms with E-state index in [4.69, 9.17) is 37.6 Å². The summed E-state index contributed by atoms with van der Waals surface area (Å²) in [5.41, 5.74) is -1.51. The molecule has 15 unspecified atom stereocenters. The van der Waals surface area contributed by atoms with Crippen molar-refractivity contribution >= 4 is 16.9 Å². The number of hydrogen-bond acceptors (Lipinski definition) is 22. The monoisotopic (exact) mass is 814 g/mol. The highest BCUT2D eigenvalue weighted by atomic mass is 16.8. The predicted octanol–water partition coefficient (Wildman–Crippen LogP) is -3.29. The first-order valence-corrected chi connectivity index (χ1v) is 17.4. The molecule has 57 heavy (non-hydrogen) atoms. The van der Waals surface area contributed by atoms with Crippen LogP contribution in [0, 0.1) is 0 Å². The molecule has 0 amide bonds. The number of carbonyl (C=O) groups is 1. The second-order valence-corrected chi connectivity index (χ2v) is 13.7. The smallest absolute Gasteiger partial charge is 0.303 e. The Morgan fingerprint density at radius 3 is 2.02 bits per heavy atom. The van der Waals surface area contributed by atoms with Gasteiger partial charge in [0.15, 0.2) is 35.9 Å². The Bertz CT molecular complexity index is 1970. The third-order valence-electron chi connectivity index (χ3n) is 9.67. The van der Waals surface area contributed by atoms with Crippen LogP contribution in [-0.2, 0) is 33.2 Å². The van der Waals surface area contributed by atoms with Gasteiger partial charge >= 0.3 is 5.97 Å². The minimum atomic E-state index is -2.07. The summed E-state index contributed by atoms with van der Waals surface area (Å²) in [6, 6.07) is 5.08. The van der Waals surface area contributed by atoms with Crippen LogP contribution in [0.25, 0.3) is 22.3 Å². The number of hydrogen-bond donors (Lipinski definition) is 12. The molecule has 0 aliphatic carbocycles. The van der Waals surface area contributed by atoms with Crippen molar-refractivity contribution in [1.29, 1.82) is 0 Å². The molecule has 2 aromatic carbocycles. The summed E-state index contributed by atoms with van der Waals surface area (Å²) in [7, 11) is 0. The first kappa shape index (κ1) is 42.2. The van der Waals surface area contributed by atoms with Crippen molar-refractivity contribution in [3.63, 3.8) is 0 Å². The highest BCUT2D eigenvalue weighted by Gasteiger charge is 2.53. The average molecular weight is 815 g/mol. The lowest BCUT2D eigenvalue weighted by Gasteiger charge is -2.46. The second kappa shape index (κ2) is 16.8. The van der Waals surface area contributed by atoms with E-state index in [9.17, 15) is 70.9 Å². The van der Waals surface area contributed by atoms with E-state index >= 15 is 0 Å². The van der Waals surface area contributed by atoms with Gasteiger partial charge in [-0.25, -0.2) is 0 Å². The van der Waals surface area contributed by atoms with Crippen LogP contribution in [-0.4, -0.2) is 173 Å². The highest BCUT2D eigenvalue weighted by Crippen LogP contribution is 2.40. The van der Waals surface area contributed by atoms with Gasteiger partial charge in [-0.3, -0.25) is 9.59 Å². The number of ether oxygens (including phenoxy) is 7. The van der Waals surface area contributed by atoms with E-state index in [-0.39, 0.29) is 11.1 Å². The topological polar surface area (TPSA) is 355 Å². The van der Waals surface area contributed by atoms with Gasteiger partial charge < -0.3 is 98.9 Å². The fourth-order valence-corrected chi connectivity index (χ4v) is 6.66. The van der Waals surface area contributed by atoms with Gasteiger partial charge in [0.05, 0.1) is 19.3 Å². The van der Waals surface area contributed by atoms with E-state index in [2.05, 4.69) is 0 Å². The fraction of sp³-hybridized carbons (Fsp3) is 0.543. The number of aromatic hydroxyl groups is 4. The maximum Gasteiger partial charge on any atom is 0.303 e. The molecule has 3 aliphatic rings. The van der Waals surface area contributed by atoms with E-state index in [1.807, 2.05) is 0 Å². The van der Waals surface area contributed by atoms with Crippen molar-refractivity contribution in [1.82, 2.24) is 0 Å². The number of aliphatic hydroxyl groups is 8. The third kappa shape index (κ3) is 8.31. The number of benzene rings is 2. The van der Waals surface area contributed by atoms with Gasteiger partial charge in [0.2, 0.25) is 17.5 Å². The largest absolute Gasteiger partial charge is 0.508 e. The number of carbonyl (C=O) groups excluding carboxylic acids is 1. The SMILES string of the molecule is CC(=O)OC1C(C)OC(OCC2OC(Oc3c(-c4ccc(O)c(O)c4)oc4cc(O)cc(O)c4c3=O)C(O)C(O)C2O)C(O)C1OC1OC(CO)C(O)C(O)C1O. The Hall–Kier alpha value is -4.40. The summed E-state index contributed by atoms with van der Waals surface area (Å²) in [6.07, 6.45) is -26.1. The van der Waals surface area contributed by atoms with Crippen molar-refractivity contribution in [3.05, 3.63) is 40.6 Å². The minimum absolute atomic E-state index is 0.0852.